The highest BCUT2D eigenvalue weighted by Crippen LogP contribution is 2.55. The molecule has 0 spiro atoms. The van der Waals surface area contributed by atoms with Crippen LogP contribution in [0.3, 0.4) is 0 Å². The van der Waals surface area contributed by atoms with Gasteiger partial charge in [-0.1, -0.05) is 39.2 Å². The van der Waals surface area contributed by atoms with E-state index in [1.54, 1.807) is 32.4 Å². The Balaban J connectivity index is 2.56. The van der Waals surface area contributed by atoms with Crippen LogP contribution in [0, 0.1) is 0 Å². The van der Waals surface area contributed by atoms with Gasteiger partial charge in [0.05, 0.1) is 22.0 Å². The van der Waals surface area contributed by atoms with E-state index in [1.807, 2.05) is 13.8 Å². The summed E-state index contributed by atoms with van der Waals surface area (Å²) in [5.74, 6) is 0.923. The highest BCUT2D eigenvalue weighted by molar-refractivity contribution is 7.48. The summed E-state index contributed by atoms with van der Waals surface area (Å²) in [4.78, 5) is 13.6. The van der Waals surface area contributed by atoms with Crippen LogP contribution in [0.15, 0.2) is 18.2 Å². The maximum atomic E-state index is 13.6. The van der Waals surface area contributed by atoms with Crippen molar-refractivity contribution in [3.63, 3.8) is 0 Å². The number of hydrogen-bond acceptors (Lipinski definition) is 4. The molecule has 0 heterocycles. The Hall–Kier alpha value is -1.41. The van der Waals surface area contributed by atoms with E-state index < -0.39 is 13.0 Å². The molecule has 1 saturated carbocycles. The number of ether oxygens (including phenoxy) is 2. The minimum Gasteiger partial charge on any atom is -0.496 e. The minimum atomic E-state index is -1.65. The maximum Gasteiger partial charge on any atom is 0.187 e. The lowest BCUT2D eigenvalue weighted by Crippen LogP contribution is -2.39. The number of Topliss-reactive ketones (excluding diaryl/α,β-unsaturated/α-hetero) is 1. The lowest BCUT2D eigenvalue weighted by Gasteiger charge is -2.37. The second-order valence-corrected chi connectivity index (χ2v) is 8.93. The van der Waals surface area contributed by atoms with Gasteiger partial charge in [-0.05, 0) is 31.4 Å². The smallest absolute Gasteiger partial charge is 0.187 e. The fourth-order valence-corrected chi connectivity index (χ4v) is 5.82. The standard InChI is InChI=1S/C19H28O4P/c1-5-14(2)24(21)19(12-7-6-8-13-19)18(20)17-15(22-3)10-9-11-16(17)23-4/h9-11,14H,5-8,12-13H2,1-4H3. The molecular formula is C19H28O4P. The third kappa shape index (κ3) is 3.35. The van der Waals surface area contributed by atoms with Crippen molar-refractivity contribution in [3.05, 3.63) is 23.8 Å². The zero-order chi connectivity index (χ0) is 17.7. The van der Waals surface area contributed by atoms with Crippen molar-refractivity contribution in [2.75, 3.05) is 14.2 Å². The van der Waals surface area contributed by atoms with Gasteiger partial charge < -0.3 is 9.47 Å². The average molecular weight is 351 g/mol. The van der Waals surface area contributed by atoms with Crippen LogP contribution in [-0.2, 0) is 4.57 Å². The molecule has 1 aliphatic rings. The Bertz CT molecular complexity index is 583. The summed E-state index contributed by atoms with van der Waals surface area (Å²) in [6.45, 7) is 4.02. The van der Waals surface area contributed by atoms with Gasteiger partial charge >= 0.3 is 0 Å². The van der Waals surface area contributed by atoms with Gasteiger partial charge in [-0.25, -0.2) is 0 Å². The maximum absolute atomic E-state index is 13.6. The van der Waals surface area contributed by atoms with E-state index in [2.05, 4.69) is 0 Å². The van der Waals surface area contributed by atoms with Crippen molar-refractivity contribution in [1.82, 2.24) is 0 Å². The molecule has 1 aromatic carbocycles. The molecular weight excluding hydrogens is 323 g/mol. The van der Waals surface area contributed by atoms with Crippen LogP contribution in [0.1, 0.15) is 62.7 Å². The first-order chi connectivity index (χ1) is 11.5. The number of benzene rings is 1. The summed E-state index contributed by atoms with van der Waals surface area (Å²) in [5.41, 5.74) is 0.471. The Kier molecular flexibility index (Phi) is 6.40. The number of ketones is 1. The molecule has 133 valence electrons. The van der Waals surface area contributed by atoms with Gasteiger partial charge in [0.15, 0.2) is 5.78 Å². The van der Waals surface area contributed by atoms with Gasteiger partial charge in [0.2, 0.25) is 0 Å². The molecule has 2 unspecified atom stereocenters. The third-order valence-electron chi connectivity index (χ3n) is 5.17. The molecule has 1 radical (unpaired) electrons. The van der Waals surface area contributed by atoms with E-state index in [9.17, 15) is 9.36 Å². The van der Waals surface area contributed by atoms with Crippen LogP contribution in [-0.4, -0.2) is 30.8 Å². The Morgan fingerprint density at radius 3 is 2.17 bits per heavy atom. The molecule has 1 aliphatic carbocycles. The summed E-state index contributed by atoms with van der Waals surface area (Å²) >= 11 is 0. The molecule has 2 rings (SSSR count). The summed E-state index contributed by atoms with van der Waals surface area (Å²) in [7, 11) is 1.45. The highest BCUT2D eigenvalue weighted by Gasteiger charge is 2.48. The topological polar surface area (TPSA) is 52.6 Å². The van der Waals surface area contributed by atoms with Gasteiger partial charge in [-0.2, -0.15) is 0 Å². The minimum absolute atomic E-state index is 0.0303. The van der Waals surface area contributed by atoms with Crippen molar-refractivity contribution in [3.8, 4) is 11.5 Å². The van der Waals surface area contributed by atoms with E-state index in [0.29, 0.717) is 29.9 Å². The van der Waals surface area contributed by atoms with E-state index in [-0.39, 0.29) is 11.4 Å². The molecule has 0 saturated heterocycles. The normalized spacial score (nSPS) is 18.6. The Morgan fingerprint density at radius 2 is 1.71 bits per heavy atom. The number of carbonyl (C=O) groups is 1. The molecule has 0 aromatic heterocycles. The van der Waals surface area contributed by atoms with E-state index in [1.165, 1.54) is 0 Å². The number of rotatable bonds is 7. The fraction of sp³-hybridized carbons (Fsp3) is 0.632. The van der Waals surface area contributed by atoms with Gasteiger partial charge in [-0.3, -0.25) is 9.36 Å². The molecule has 0 bridgehead atoms. The predicted molar refractivity (Wildman–Crippen MR) is 97.1 cm³/mol. The summed E-state index contributed by atoms with van der Waals surface area (Å²) in [6, 6.07) is 5.34. The molecule has 1 fully saturated rings. The van der Waals surface area contributed by atoms with E-state index in [0.717, 1.165) is 25.7 Å². The van der Waals surface area contributed by atoms with Gasteiger partial charge in [0.25, 0.3) is 0 Å². The van der Waals surface area contributed by atoms with Gasteiger partial charge in [-0.15, -0.1) is 0 Å². The fourth-order valence-electron chi connectivity index (χ4n) is 3.58. The first-order valence-electron chi connectivity index (χ1n) is 8.74. The van der Waals surface area contributed by atoms with E-state index in [4.69, 9.17) is 9.47 Å². The first-order valence-corrected chi connectivity index (χ1v) is 10.1. The number of carbonyl (C=O) groups excluding carboxylic acids is 1. The zero-order valence-corrected chi connectivity index (χ0v) is 16.0. The lowest BCUT2D eigenvalue weighted by molar-refractivity contribution is 0.0905. The van der Waals surface area contributed by atoms with Crippen LogP contribution in [0.2, 0.25) is 0 Å². The zero-order valence-electron chi connectivity index (χ0n) is 15.1. The van der Waals surface area contributed by atoms with E-state index >= 15 is 0 Å². The lowest BCUT2D eigenvalue weighted by atomic mass is 9.82. The van der Waals surface area contributed by atoms with Crippen molar-refractivity contribution in [1.29, 1.82) is 0 Å². The Labute approximate surface area is 145 Å². The quantitative estimate of drug-likeness (QED) is 0.499. The van der Waals surface area contributed by atoms with Crippen LogP contribution >= 0.6 is 7.80 Å². The molecule has 0 aliphatic heterocycles. The first kappa shape index (κ1) is 18.9. The average Bonchev–Trinajstić information content (AvgIpc) is 2.65. The number of methoxy groups -OCH3 is 2. The molecule has 0 N–H and O–H groups in total. The van der Waals surface area contributed by atoms with Crippen molar-refractivity contribution in [2.45, 2.75) is 63.2 Å². The third-order valence-corrected chi connectivity index (χ3v) is 7.83. The second-order valence-electron chi connectivity index (χ2n) is 6.54. The largest absolute Gasteiger partial charge is 0.496 e. The molecule has 24 heavy (non-hydrogen) atoms. The molecule has 2 atom stereocenters. The van der Waals surface area contributed by atoms with Crippen LogP contribution in [0.25, 0.3) is 0 Å². The SMILES string of the molecule is CCC(C)[P](=O)C1(C(=O)c2c(OC)cccc2OC)CCCCC1. The Morgan fingerprint density at radius 1 is 1.17 bits per heavy atom. The number of hydrogen-bond donors (Lipinski definition) is 0. The molecule has 4 nitrogen and oxygen atoms in total. The van der Waals surface area contributed by atoms with Crippen molar-refractivity contribution in [2.24, 2.45) is 0 Å². The molecule has 0 amide bonds. The second kappa shape index (κ2) is 8.11. The monoisotopic (exact) mass is 351 g/mol. The molecule has 1 aromatic rings. The van der Waals surface area contributed by atoms with Gasteiger partial charge in [0, 0.05) is 5.66 Å². The van der Waals surface area contributed by atoms with Crippen LogP contribution < -0.4 is 9.47 Å². The predicted octanol–water partition coefficient (Wildman–Crippen LogP) is 5.22. The van der Waals surface area contributed by atoms with Crippen molar-refractivity contribution >= 4 is 13.6 Å². The summed E-state index contributed by atoms with van der Waals surface area (Å²) < 4.78 is 24.1. The molecule has 5 heteroatoms. The summed E-state index contributed by atoms with van der Waals surface area (Å²) in [5, 5.41) is -0.787. The van der Waals surface area contributed by atoms with Crippen LogP contribution in [0.4, 0.5) is 0 Å². The van der Waals surface area contributed by atoms with Crippen LogP contribution in [0.5, 0.6) is 11.5 Å². The summed E-state index contributed by atoms with van der Waals surface area (Å²) in [6.07, 6.45) is 5.18. The highest BCUT2D eigenvalue weighted by atomic mass is 31.1. The van der Waals surface area contributed by atoms with Crippen molar-refractivity contribution < 1.29 is 18.8 Å². The van der Waals surface area contributed by atoms with Gasteiger partial charge in [0.1, 0.15) is 22.2 Å².